The number of sulfonamides is 1. The predicted octanol–water partition coefficient (Wildman–Crippen LogP) is 3.21. The van der Waals surface area contributed by atoms with Crippen LogP contribution in [0.3, 0.4) is 0 Å². The van der Waals surface area contributed by atoms with E-state index in [9.17, 15) is 13.2 Å². The van der Waals surface area contributed by atoms with Crippen molar-refractivity contribution in [2.75, 3.05) is 25.4 Å². The number of para-hydroxylation sites is 1. The van der Waals surface area contributed by atoms with Crippen LogP contribution in [0.25, 0.3) is 10.9 Å². The molecular formula is C24H29N3O3S. The molecule has 164 valence electrons. The highest BCUT2D eigenvalue weighted by Crippen LogP contribution is 2.36. The molecule has 2 aromatic carbocycles. The number of nitrogens with zero attached hydrogens (tertiary/aromatic N) is 1. The van der Waals surface area contributed by atoms with Gasteiger partial charge in [-0.2, -0.15) is 0 Å². The van der Waals surface area contributed by atoms with Crippen molar-refractivity contribution in [3.63, 3.8) is 0 Å². The Labute approximate surface area is 183 Å². The highest BCUT2D eigenvalue weighted by Gasteiger charge is 2.44. The molecule has 0 unspecified atom stereocenters. The number of nitrogens with one attached hydrogen (secondary N) is 2. The van der Waals surface area contributed by atoms with Crippen molar-refractivity contribution >= 4 is 26.8 Å². The smallest absolute Gasteiger partial charge is 0.230 e. The Balaban J connectivity index is 1.49. The Morgan fingerprint density at radius 2 is 1.74 bits per heavy atom. The molecule has 1 aromatic heterocycles. The summed E-state index contributed by atoms with van der Waals surface area (Å²) in [4.78, 5) is 16.7. The first-order valence-electron chi connectivity index (χ1n) is 10.8. The zero-order chi connectivity index (χ0) is 21.9. The number of aromatic amines is 1. The van der Waals surface area contributed by atoms with Crippen molar-refractivity contribution in [3.05, 3.63) is 71.9 Å². The highest BCUT2D eigenvalue weighted by molar-refractivity contribution is 7.89. The predicted molar refractivity (Wildman–Crippen MR) is 123 cm³/mol. The molecule has 1 aliphatic heterocycles. The Bertz CT molecular complexity index is 1150. The molecule has 0 saturated carbocycles. The lowest BCUT2D eigenvalue weighted by molar-refractivity contribution is -0.128. The SMILES string of the molecule is CCS(=O)(=O)N1CCC(C(=O)NCCc2c[nH]c3ccccc23)(c2ccccc2)CC1. The second-order valence-corrected chi connectivity index (χ2v) is 10.4. The van der Waals surface area contributed by atoms with Gasteiger partial charge in [0.1, 0.15) is 0 Å². The molecule has 1 fully saturated rings. The van der Waals surface area contributed by atoms with Gasteiger partial charge in [0.2, 0.25) is 15.9 Å². The van der Waals surface area contributed by atoms with E-state index in [0.717, 1.165) is 17.5 Å². The maximum atomic E-state index is 13.5. The maximum absolute atomic E-state index is 13.5. The minimum absolute atomic E-state index is 0.0212. The zero-order valence-electron chi connectivity index (χ0n) is 17.8. The first kappa shape index (κ1) is 21.6. The third-order valence-corrected chi connectivity index (χ3v) is 8.33. The number of amides is 1. The van der Waals surface area contributed by atoms with Crippen molar-refractivity contribution in [1.82, 2.24) is 14.6 Å². The van der Waals surface area contributed by atoms with Crippen molar-refractivity contribution < 1.29 is 13.2 Å². The van der Waals surface area contributed by atoms with E-state index in [-0.39, 0.29) is 11.7 Å². The molecule has 2 heterocycles. The van der Waals surface area contributed by atoms with Crippen LogP contribution in [0.1, 0.15) is 30.9 Å². The first-order valence-corrected chi connectivity index (χ1v) is 12.4. The lowest BCUT2D eigenvalue weighted by Gasteiger charge is -2.40. The molecule has 4 rings (SSSR count). The molecular weight excluding hydrogens is 410 g/mol. The van der Waals surface area contributed by atoms with Crippen molar-refractivity contribution in [1.29, 1.82) is 0 Å². The van der Waals surface area contributed by atoms with E-state index < -0.39 is 15.4 Å². The highest BCUT2D eigenvalue weighted by atomic mass is 32.2. The summed E-state index contributed by atoms with van der Waals surface area (Å²) >= 11 is 0. The molecule has 6 nitrogen and oxygen atoms in total. The van der Waals surface area contributed by atoms with E-state index in [2.05, 4.69) is 16.4 Å². The van der Waals surface area contributed by atoms with E-state index in [1.54, 1.807) is 6.92 Å². The van der Waals surface area contributed by atoms with Gasteiger partial charge in [-0.25, -0.2) is 12.7 Å². The Hall–Kier alpha value is -2.64. The number of piperidine rings is 1. The van der Waals surface area contributed by atoms with Crippen LogP contribution in [0.15, 0.2) is 60.8 Å². The van der Waals surface area contributed by atoms with E-state index in [4.69, 9.17) is 0 Å². The minimum atomic E-state index is -3.25. The van der Waals surface area contributed by atoms with E-state index in [1.165, 1.54) is 15.3 Å². The summed E-state index contributed by atoms with van der Waals surface area (Å²) in [6.45, 7) is 2.92. The van der Waals surface area contributed by atoms with Crippen LogP contribution in [0, 0.1) is 0 Å². The number of rotatable bonds is 7. The van der Waals surface area contributed by atoms with Gasteiger partial charge in [0.05, 0.1) is 11.2 Å². The number of hydrogen-bond acceptors (Lipinski definition) is 3. The van der Waals surface area contributed by atoms with E-state index in [0.29, 0.717) is 32.5 Å². The van der Waals surface area contributed by atoms with Gasteiger partial charge < -0.3 is 10.3 Å². The van der Waals surface area contributed by atoms with Gasteiger partial charge in [0.25, 0.3) is 0 Å². The monoisotopic (exact) mass is 439 g/mol. The second-order valence-electron chi connectivity index (χ2n) is 8.11. The molecule has 7 heteroatoms. The van der Waals surface area contributed by atoms with Crippen molar-refractivity contribution in [2.24, 2.45) is 0 Å². The molecule has 3 aromatic rings. The van der Waals surface area contributed by atoms with Gasteiger partial charge in [0, 0.05) is 36.7 Å². The van der Waals surface area contributed by atoms with Crippen LogP contribution < -0.4 is 5.32 Å². The third-order valence-electron chi connectivity index (χ3n) is 6.45. The first-order chi connectivity index (χ1) is 15.0. The number of fused-ring (bicyclic) bond motifs is 1. The summed E-state index contributed by atoms with van der Waals surface area (Å²) in [6, 6.07) is 17.9. The fourth-order valence-corrected chi connectivity index (χ4v) is 5.66. The normalized spacial score (nSPS) is 16.9. The second kappa shape index (κ2) is 8.85. The fourth-order valence-electron chi connectivity index (χ4n) is 4.55. The average Bonchev–Trinajstić information content (AvgIpc) is 3.22. The van der Waals surface area contributed by atoms with Gasteiger partial charge in [0.15, 0.2) is 0 Å². The molecule has 1 aliphatic rings. The summed E-state index contributed by atoms with van der Waals surface area (Å²) in [5.41, 5.74) is 2.51. The third kappa shape index (κ3) is 4.25. The lowest BCUT2D eigenvalue weighted by atomic mass is 9.72. The van der Waals surface area contributed by atoms with Crippen LogP contribution in [0.5, 0.6) is 0 Å². The topological polar surface area (TPSA) is 82.3 Å². The van der Waals surface area contributed by atoms with Gasteiger partial charge in [-0.05, 0) is 43.4 Å². The number of carbonyl (C=O) groups excluding carboxylic acids is 1. The van der Waals surface area contributed by atoms with Crippen LogP contribution in [0.2, 0.25) is 0 Å². The quantitative estimate of drug-likeness (QED) is 0.593. The van der Waals surface area contributed by atoms with Crippen LogP contribution in [0.4, 0.5) is 0 Å². The number of carbonyl (C=O) groups is 1. The molecule has 1 saturated heterocycles. The Morgan fingerprint density at radius 3 is 2.45 bits per heavy atom. The van der Waals surface area contributed by atoms with E-state index >= 15 is 0 Å². The molecule has 0 bridgehead atoms. The Morgan fingerprint density at radius 1 is 1.06 bits per heavy atom. The molecule has 0 aliphatic carbocycles. The largest absolute Gasteiger partial charge is 0.361 e. The molecule has 2 N–H and O–H groups in total. The number of benzene rings is 2. The summed E-state index contributed by atoms with van der Waals surface area (Å²) in [6.07, 6.45) is 3.69. The van der Waals surface area contributed by atoms with Crippen LogP contribution in [-0.4, -0.2) is 49.0 Å². The molecule has 31 heavy (non-hydrogen) atoms. The van der Waals surface area contributed by atoms with Gasteiger partial charge in [-0.15, -0.1) is 0 Å². The lowest BCUT2D eigenvalue weighted by Crippen LogP contribution is -2.53. The summed E-state index contributed by atoms with van der Waals surface area (Å²) in [5, 5.41) is 4.32. The number of H-pyrrole nitrogens is 1. The number of hydrogen-bond donors (Lipinski definition) is 2. The van der Waals surface area contributed by atoms with E-state index in [1.807, 2.05) is 54.7 Å². The molecule has 0 atom stereocenters. The summed E-state index contributed by atoms with van der Waals surface area (Å²) < 4.78 is 26.1. The van der Waals surface area contributed by atoms with Crippen molar-refractivity contribution in [3.8, 4) is 0 Å². The average molecular weight is 440 g/mol. The van der Waals surface area contributed by atoms with Gasteiger partial charge in [-0.3, -0.25) is 4.79 Å². The molecule has 0 radical (unpaired) electrons. The van der Waals surface area contributed by atoms with Gasteiger partial charge in [-0.1, -0.05) is 48.5 Å². The standard InChI is InChI=1S/C24H29N3O3S/c1-2-31(29,30)27-16-13-24(14-17-27,20-8-4-3-5-9-20)23(28)25-15-12-19-18-26-22-11-7-6-10-21(19)22/h3-11,18,26H,2,12-17H2,1H3,(H,25,28). The fraction of sp³-hybridized carbons (Fsp3) is 0.375. The summed E-state index contributed by atoms with van der Waals surface area (Å²) in [5.74, 6) is 0.0643. The van der Waals surface area contributed by atoms with Crippen LogP contribution >= 0.6 is 0 Å². The molecule has 1 amide bonds. The minimum Gasteiger partial charge on any atom is -0.361 e. The Kier molecular flexibility index (Phi) is 6.16. The number of aromatic nitrogens is 1. The van der Waals surface area contributed by atoms with Crippen molar-refractivity contribution in [2.45, 2.75) is 31.6 Å². The zero-order valence-corrected chi connectivity index (χ0v) is 18.6. The van der Waals surface area contributed by atoms with Crippen LogP contribution in [-0.2, 0) is 26.7 Å². The van der Waals surface area contributed by atoms with Gasteiger partial charge >= 0.3 is 0 Å². The summed E-state index contributed by atoms with van der Waals surface area (Å²) in [7, 11) is -3.25. The molecule has 0 spiro atoms. The maximum Gasteiger partial charge on any atom is 0.230 e.